The molecule has 41 heavy (non-hydrogen) atoms. The van der Waals surface area contributed by atoms with E-state index in [0.29, 0.717) is 26.2 Å². The number of likely N-dealkylation sites (N-methyl/N-ethyl adjacent to an activating group) is 1. The molecule has 2 heterocycles. The second-order valence-corrected chi connectivity index (χ2v) is 10.7. The molecule has 2 aliphatic heterocycles. The summed E-state index contributed by atoms with van der Waals surface area (Å²) < 4.78 is 0. The molecule has 3 aromatic rings. The molecule has 1 N–H and O–H groups in total. The summed E-state index contributed by atoms with van der Waals surface area (Å²) in [5.74, 6) is -0.0878. The van der Waals surface area contributed by atoms with E-state index in [0.717, 1.165) is 47.3 Å². The Morgan fingerprint density at radius 3 is 2.29 bits per heavy atom. The molecule has 0 aliphatic carbocycles. The number of benzene rings is 3. The number of carbonyl (C=O) groups excluding carboxylic acids is 3. The number of nitrogens with zero attached hydrogens (tertiary/aromatic N) is 3. The molecule has 0 saturated carbocycles. The minimum absolute atomic E-state index is 0.00109. The molecular weight excluding hydrogens is 512 g/mol. The third-order valence-corrected chi connectivity index (χ3v) is 8.02. The van der Waals surface area contributed by atoms with Crippen molar-refractivity contribution in [1.82, 2.24) is 10.2 Å². The maximum Gasteiger partial charge on any atom is 0.251 e. The van der Waals surface area contributed by atoms with Crippen LogP contribution in [0.15, 0.2) is 84.9 Å². The minimum atomic E-state index is -0.372. The van der Waals surface area contributed by atoms with Gasteiger partial charge in [0.2, 0.25) is 11.8 Å². The van der Waals surface area contributed by atoms with Crippen molar-refractivity contribution in [3.63, 3.8) is 0 Å². The number of rotatable bonds is 8. The van der Waals surface area contributed by atoms with E-state index in [1.165, 1.54) is 0 Å². The normalized spacial score (nSPS) is 16.4. The molecule has 3 amide bonds. The third kappa shape index (κ3) is 6.41. The average Bonchev–Trinajstić information content (AvgIpc) is 3.42. The lowest BCUT2D eigenvalue weighted by Gasteiger charge is -2.41. The van der Waals surface area contributed by atoms with Crippen molar-refractivity contribution < 1.29 is 14.4 Å². The molecule has 3 aromatic carbocycles. The van der Waals surface area contributed by atoms with Gasteiger partial charge in [-0.05, 0) is 61.1 Å². The first kappa shape index (κ1) is 28.3. The van der Waals surface area contributed by atoms with Crippen LogP contribution in [-0.4, -0.2) is 54.8 Å². The molecular formula is C34H38N4O3. The van der Waals surface area contributed by atoms with Crippen LogP contribution in [0.25, 0.3) is 6.08 Å². The zero-order chi connectivity index (χ0) is 28.8. The molecule has 7 nitrogen and oxygen atoms in total. The molecule has 0 radical (unpaired) electrons. The quantitative estimate of drug-likeness (QED) is 0.402. The number of hydrogen-bond acceptors (Lipinski definition) is 4. The molecule has 0 aromatic heterocycles. The van der Waals surface area contributed by atoms with Crippen LogP contribution in [0.3, 0.4) is 0 Å². The molecule has 7 heteroatoms. The molecule has 0 spiro atoms. The zero-order valence-electron chi connectivity index (χ0n) is 23.8. The Kier molecular flexibility index (Phi) is 8.95. The summed E-state index contributed by atoms with van der Waals surface area (Å²) in [6, 6.07) is 25.3. The standard InChI is InChI=1S/C34H38N4O3/c1-3-35-34(41)33(28-12-8-5-9-13-28)36-21-19-29(20-22-36)38(32(40)17-14-26-10-6-4-7-11-26)30-16-15-27-18-23-37(25(2)39)31(27)24-30/h4-17,24,29,33H,3,18-23H2,1-2H3,(H,35,41). The van der Waals surface area contributed by atoms with E-state index in [2.05, 4.69) is 10.2 Å². The van der Waals surface area contributed by atoms with Gasteiger partial charge in [0.25, 0.3) is 5.91 Å². The van der Waals surface area contributed by atoms with Crippen LogP contribution < -0.4 is 15.1 Å². The van der Waals surface area contributed by atoms with Crippen LogP contribution in [0, 0.1) is 0 Å². The van der Waals surface area contributed by atoms with Crippen LogP contribution in [0.4, 0.5) is 11.4 Å². The number of piperidine rings is 1. The van der Waals surface area contributed by atoms with E-state index in [1.807, 2.05) is 96.8 Å². The van der Waals surface area contributed by atoms with Gasteiger partial charge >= 0.3 is 0 Å². The van der Waals surface area contributed by atoms with Gasteiger partial charge in [0.1, 0.15) is 6.04 Å². The maximum absolute atomic E-state index is 13.8. The van der Waals surface area contributed by atoms with E-state index < -0.39 is 0 Å². The van der Waals surface area contributed by atoms with Crippen molar-refractivity contribution in [2.75, 3.05) is 36.0 Å². The Hall–Kier alpha value is -4.23. The number of hydrogen-bond donors (Lipinski definition) is 1. The van der Waals surface area contributed by atoms with Crippen molar-refractivity contribution in [1.29, 1.82) is 0 Å². The van der Waals surface area contributed by atoms with Crippen LogP contribution >= 0.6 is 0 Å². The first-order chi connectivity index (χ1) is 20.0. The summed E-state index contributed by atoms with van der Waals surface area (Å²) in [6.07, 6.45) is 5.75. The second kappa shape index (κ2) is 13.0. The largest absolute Gasteiger partial charge is 0.355 e. The van der Waals surface area contributed by atoms with E-state index in [9.17, 15) is 14.4 Å². The molecule has 1 saturated heterocycles. The van der Waals surface area contributed by atoms with Gasteiger partial charge in [0.15, 0.2) is 0 Å². The Morgan fingerprint density at radius 2 is 1.63 bits per heavy atom. The Morgan fingerprint density at radius 1 is 0.951 bits per heavy atom. The summed E-state index contributed by atoms with van der Waals surface area (Å²) >= 11 is 0. The van der Waals surface area contributed by atoms with Crippen molar-refractivity contribution in [3.8, 4) is 0 Å². The fourth-order valence-corrected chi connectivity index (χ4v) is 6.01. The van der Waals surface area contributed by atoms with E-state index in [1.54, 1.807) is 17.9 Å². The van der Waals surface area contributed by atoms with Gasteiger partial charge in [-0.15, -0.1) is 0 Å². The summed E-state index contributed by atoms with van der Waals surface area (Å²) in [5.41, 5.74) is 4.73. The number of carbonyl (C=O) groups is 3. The van der Waals surface area contributed by atoms with Crippen molar-refractivity contribution in [2.24, 2.45) is 0 Å². The predicted molar refractivity (Wildman–Crippen MR) is 164 cm³/mol. The third-order valence-electron chi connectivity index (χ3n) is 8.02. The van der Waals surface area contributed by atoms with E-state index in [-0.39, 0.29) is 29.8 Å². The lowest BCUT2D eigenvalue weighted by atomic mass is 9.96. The molecule has 0 bridgehead atoms. The van der Waals surface area contributed by atoms with E-state index in [4.69, 9.17) is 0 Å². The fraction of sp³-hybridized carbons (Fsp3) is 0.324. The van der Waals surface area contributed by atoms with Crippen molar-refractivity contribution in [3.05, 3.63) is 102 Å². The lowest BCUT2D eigenvalue weighted by molar-refractivity contribution is -0.127. The van der Waals surface area contributed by atoms with Crippen LogP contribution in [0.2, 0.25) is 0 Å². The highest BCUT2D eigenvalue weighted by molar-refractivity contribution is 6.05. The molecule has 1 fully saturated rings. The molecule has 212 valence electrons. The number of amides is 3. The molecule has 5 rings (SSSR count). The van der Waals surface area contributed by atoms with Crippen LogP contribution in [0.5, 0.6) is 0 Å². The van der Waals surface area contributed by atoms with Gasteiger partial charge in [-0.2, -0.15) is 0 Å². The topological polar surface area (TPSA) is 73.0 Å². The second-order valence-electron chi connectivity index (χ2n) is 10.7. The van der Waals surface area contributed by atoms with Crippen molar-refractivity contribution >= 4 is 35.2 Å². The summed E-state index contributed by atoms with van der Waals surface area (Å²) in [4.78, 5) is 45.2. The zero-order valence-corrected chi connectivity index (χ0v) is 23.8. The highest BCUT2D eigenvalue weighted by atomic mass is 16.2. The van der Waals surface area contributed by atoms with Crippen LogP contribution in [0.1, 0.15) is 49.4 Å². The fourth-order valence-electron chi connectivity index (χ4n) is 6.01. The lowest BCUT2D eigenvalue weighted by Crippen LogP contribution is -2.50. The Labute approximate surface area is 242 Å². The smallest absolute Gasteiger partial charge is 0.251 e. The van der Waals surface area contributed by atoms with Crippen molar-refractivity contribution in [2.45, 2.75) is 45.2 Å². The Bertz CT molecular complexity index is 1400. The van der Waals surface area contributed by atoms with Gasteiger partial charge in [0, 0.05) is 56.6 Å². The highest BCUT2D eigenvalue weighted by Gasteiger charge is 2.35. The average molecular weight is 551 g/mol. The first-order valence-corrected chi connectivity index (χ1v) is 14.5. The number of nitrogens with one attached hydrogen (secondary N) is 1. The summed E-state index contributed by atoms with van der Waals surface area (Å²) in [5, 5.41) is 3.00. The number of fused-ring (bicyclic) bond motifs is 1. The number of anilines is 2. The summed E-state index contributed by atoms with van der Waals surface area (Å²) in [6.45, 7) is 6.11. The Balaban J connectivity index is 1.42. The van der Waals surface area contributed by atoms with Gasteiger partial charge in [-0.1, -0.05) is 66.7 Å². The number of likely N-dealkylation sites (tertiary alicyclic amines) is 1. The van der Waals surface area contributed by atoms with Gasteiger partial charge in [-0.25, -0.2) is 0 Å². The SMILES string of the molecule is CCNC(=O)C(c1ccccc1)N1CCC(N(C(=O)C=Cc2ccccc2)c2ccc3c(c2)N(C(C)=O)CC3)CC1. The van der Waals surface area contributed by atoms with Gasteiger partial charge in [-0.3, -0.25) is 19.3 Å². The maximum atomic E-state index is 13.8. The highest BCUT2D eigenvalue weighted by Crippen LogP contribution is 2.35. The first-order valence-electron chi connectivity index (χ1n) is 14.5. The van der Waals surface area contributed by atoms with Gasteiger partial charge < -0.3 is 15.1 Å². The molecule has 1 atom stereocenters. The van der Waals surface area contributed by atoms with Crippen LogP contribution in [-0.2, 0) is 20.8 Å². The monoisotopic (exact) mass is 550 g/mol. The van der Waals surface area contributed by atoms with E-state index >= 15 is 0 Å². The minimum Gasteiger partial charge on any atom is -0.355 e. The summed E-state index contributed by atoms with van der Waals surface area (Å²) in [7, 11) is 0. The molecule has 2 aliphatic rings. The molecule has 1 unspecified atom stereocenters. The predicted octanol–water partition coefficient (Wildman–Crippen LogP) is 4.98. The van der Waals surface area contributed by atoms with Gasteiger partial charge in [0.05, 0.1) is 0 Å².